The third kappa shape index (κ3) is 8.37. The number of nitrogens with zero attached hydrogens (tertiary/aromatic N) is 1. The van der Waals surface area contributed by atoms with Gasteiger partial charge in [-0.25, -0.2) is 4.79 Å². The van der Waals surface area contributed by atoms with E-state index in [1.807, 2.05) is 0 Å². The highest BCUT2D eigenvalue weighted by Crippen LogP contribution is 2.37. The fourth-order valence-electron chi connectivity index (χ4n) is 4.74. The van der Waals surface area contributed by atoms with Crippen LogP contribution in [0.5, 0.6) is 0 Å². The Balaban J connectivity index is 1.60. The number of rotatable bonds is 13. The van der Waals surface area contributed by atoms with Crippen LogP contribution in [0.15, 0.2) is 0 Å². The molecule has 0 aromatic carbocycles. The van der Waals surface area contributed by atoms with Crippen molar-refractivity contribution in [2.24, 2.45) is 5.92 Å². The van der Waals surface area contributed by atoms with Crippen molar-refractivity contribution in [1.82, 2.24) is 20.9 Å². The Kier molecular flexibility index (Phi) is 9.64. The number of alkyl carbamates (subject to hydrolysis) is 1. The molecule has 0 radical (unpaired) electrons. The van der Waals surface area contributed by atoms with Gasteiger partial charge in [0.25, 0.3) is 0 Å². The molecule has 0 unspecified atom stereocenters. The zero-order valence-corrected chi connectivity index (χ0v) is 22.6. The molecule has 3 rings (SSSR count). The van der Waals surface area contributed by atoms with Gasteiger partial charge in [-0.15, -0.1) is 0 Å². The summed E-state index contributed by atoms with van der Waals surface area (Å²) >= 11 is 0. The lowest BCUT2D eigenvalue weighted by Crippen LogP contribution is -2.57. The van der Waals surface area contributed by atoms with Crippen LogP contribution in [0, 0.1) is 5.92 Å². The number of amides is 4. The smallest absolute Gasteiger partial charge is 0.408 e. The Morgan fingerprint density at radius 3 is 2.33 bits per heavy atom. The standard InChI is InChI=1S/C27H46N4O5/c1-5-6-7-8-9-11-20(29-25(35)36-26(2,3)4)23(33)31-17-10-12-21(31)22(32)30-27(15-16-27)24(34)28-18-19-13-14-19/h19-21H,5-18H2,1-4H3,(H,28,34)(H,29,35)(H,30,32)/t20-,21-/m0/s1. The summed E-state index contributed by atoms with van der Waals surface area (Å²) in [7, 11) is 0. The highest BCUT2D eigenvalue weighted by molar-refractivity contribution is 5.97. The molecular formula is C27H46N4O5. The number of hydrogen-bond acceptors (Lipinski definition) is 5. The fraction of sp³-hybridized carbons (Fsp3) is 0.852. The number of ether oxygens (including phenoxy) is 1. The summed E-state index contributed by atoms with van der Waals surface area (Å²) in [5, 5.41) is 8.70. The molecule has 9 nitrogen and oxygen atoms in total. The van der Waals surface area contributed by atoms with Crippen molar-refractivity contribution in [1.29, 1.82) is 0 Å². The molecule has 3 N–H and O–H groups in total. The molecule has 3 fully saturated rings. The van der Waals surface area contributed by atoms with E-state index in [-0.39, 0.29) is 17.7 Å². The Labute approximate surface area is 215 Å². The summed E-state index contributed by atoms with van der Waals surface area (Å²) in [5.41, 5.74) is -1.51. The molecule has 1 aliphatic heterocycles. The number of nitrogens with one attached hydrogen (secondary N) is 3. The summed E-state index contributed by atoms with van der Waals surface area (Å²) in [6, 6.07) is -1.37. The maximum Gasteiger partial charge on any atom is 0.408 e. The van der Waals surface area contributed by atoms with E-state index in [0.717, 1.165) is 44.9 Å². The van der Waals surface area contributed by atoms with Gasteiger partial charge in [-0.3, -0.25) is 14.4 Å². The average molecular weight is 507 g/mol. The lowest BCUT2D eigenvalue weighted by Gasteiger charge is -2.30. The molecule has 204 valence electrons. The van der Waals surface area contributed by atoms with Crippen molar-refractivity contribution in [2.45, 2.75) is 128 Å². The minimum atomic E-state index is -0.837. The molecule has 2 atom stereocenters. The van der Waals surface area contributed by atoms with Gasteiger partial charge in [0.2, 0.25) is 17.7 Å². The molecule has 0 aromatic heterocycles. The zero-order valence-electron chi connectivity index (χ0n) is 22.6. The highest BCUT2D eigenvalue weighted by Gasteiger charge is 2.53. The number of carbonyl (C=O) groups excluding carboxylic acids is 4. The number of carbonyl (C=O) groups is 4. The molecule has 4 amide bonds. The maximum atomic E-state index is 13.6. The molecule has 0 bridgehead atoms. The third-order valence-electron chi connectivity index (χ3n) is 7.22. The van der Waals surface area contributed by atoms with Crippen molar-refractivity contribution < 1.29 is 23.9 Å². The van der Waals surface area contributed by atoms with Crippen LogP contribution in [-0.4, -0.2) is 65.0 Å². The van der Waals surface area contributed by atoms with Crippen molar-refractivity contribution in [2.75, 3.05) is 13.1 Å². The van der Waals surface area contributed by atoms with E-state index in [4.69, 9.17) is 4.74 Å². The largest absolute Gasteiger partial charge is 0.444 e. The van der Waals surface area contributed by atoms with Gasteiger partial charge < -0.3 is 25.6 Å². The lowest BCUT2D eigenvalue weighted by atomic mass is 10.0. The first-order valence-corrected chi connectivity index (χ1v) is 13.9. The second kappa shape index (κ2) is 12.3. The van der Waals surface area contributed by atoms with Gasteiger partial charge in [-0.05, 0) is 71.6 Å². The molecule has 2 aliphatic carbocycles. The minimum absolute atomic E-state index is 0.116. The molecule has 1 saturated heterocycles. The Morgan fingerprint density at radius 2 is 1.72 bits per heavy atom. The second-order valence-electron chi connectivity index (χ2n) is 11.8. The van der Waals surface area contributed by atoms with Gasteiger partial charge in [0.1, 0.15) is 23.2 Å². The number of likely N-dealkylation sites (tertiary alicyclic amines) is 1. The van der Waals surface area contributed by atoms with Crippen LogP contribution in [0.1, 0.15) is 105 Å². The quantitative estimate of drug-likeness (QED) is 0.331. The highest BCUT2D eigenvalue weighted by atomic mass is 16.6. The van der Waals surface area contributed by atoms with Crippen LogP contribution in [0.3, 0.4) is 0 Å². The summed E-state index contributed by atoms with van der Waals surface area (Å²) < 4.78 is 5.40. The SMILES string of the molecule is CCCCCCC[C@H](NC(=O)OC(C)(C)C)C(=O)N1CCC[C@H]1C(=O)NC1(C(=O)NCC2CC2)CC1. The molecule has 1 heterocycles. The van der Waals surface area contributed by atoms with Crippen molar-refractivity contribution in [3.05, 3.63) is 0 Å². The molecule has 2 saturated carbocycles. The van der Waals surface area contributed by atoms with Gasteiger partial charge in [-0.1, -0.05) is 39.0 Å². The maximum absolute atomic E-state index is 13.6. The van der Waals surface area contributed by atoms with Crippen LogP contribution in [-0.2, 0) is 19.1 Å². The normalized spacial score (nSPS) is 21.4. The molecule has 36 heavy (non-hydrogen) atoms. The zero-order chi connectivity index (χ0) is 26.3. The summed E-state index contributed by atoms with van der Waals surface area (Å²) in [6.45, 7) is 8.62. The van der Waals surface area contributed by atoms with E-state index in [0.29, 0.717) is 51.1 Å². The molecule has 0 spiro atoms. The Hall–Kier alpha value is -2.32. The Morgan fingerprint density at radius 1 is 1.03 bits per heavy atom. The first kappa shape index (κ1) is 28.3. The molecule has 9 heteroatoms. The van der Waals surface area contributed by atoms with Crippen LogP contribution in [0.25, 0.3) is 0 Å². The van der Waals surface area contributed by atoms with Gasteiger partial charge >= 0.3 is 6.09 Å². The van der Waals surface area contributed by atoms with Crippen LogP contribution in [0.2, 0.25) is 0 Å². The Bertz CT molecular complexity index is 800. The monoisotopic (exact) mass is 506 g/mol. The van der Waals surface area contributed by atoms with E-state index in [2.05, 4.69) is 22.9 Å². The molecular weight excluding hydrogens is 460 g/mol. The van der Waals surface area contributed by atoms with Gasteiger partial charge in [-0.2, -0.15) is 0 Å². The van der Waals surface area contributed by atoms with Gasteiger partial charge in [0.05, 0.1) is 0 Å². The summed E-state index contributed by atoms with van der Waals surface area (Å²) in [5.74, 6) is -0.0779. The van der Waals surface area contributed by atoms with Crippen LogP contribution in [0.4, 0.5) is 4.79 Å². The molecule has 3 aliphatic rings. The fourth-order valence-corrected chi connectivity index (χ4v) is 4.74. The van der Waals surface area contributed by atoms with Crippen molar-refractivity contribution >= 4 is 23.8 Å². The van der Waals surface area contributed by atoms with E-state index in [9.17, 15) is 19.2 Å². The number of unbranched alkanes of at least 4 members (excludes halogenated alkanes) is 4. The second-order valence-corrected chi connectivity index (χ2v) is 11.8. The van der Waals surface area contributed by atoms with E-state index >= 15 is 0 Å². The van der Waals surface area contributed by atoms with E-state index in [1.165, 1.54) is 0 Å². The van der Waals surface area contributed by atoms with E-state index < -0.39 is 29.3 Å². The predicted molar refractivity (Wildman–Crippen MR) is 137 cm³/mol. The summed E-state index contributed by atoms with van der Waals surface area (Å²) in [6.07, 6.45) is 9.82. The first-order chi connectivity index (χ1) is 17.0. The minimum Gasteiger partial charge on any atom is -0.444 e. The topological polar surface area (TPSA) is 117 Å². The molecule has 0 aromatic rings. The van der Waals surface area contributed by atoms with Gasteiger partial charge in [0.15, 0.2) is 0 Å². The lowest BCUT2D eigenvalue weighted by molar-refractivity contribution is -0.141. The number of hydrogen-bond donors (Lipinski definition) is 3. The van der Waals surface area contributed by atoms with Crippen LogP contribution < -0.4 is 16.0 Å². The predicted octanol–water partition coefficient (Wildman–Crippen LogP) is 3.41. The summed E-state index contributed by atoms with van der Waals surface area (Å²) in [4.78, 5) is 53.6. The van der Waals surface area contributed by atoms with Crippen LogP contribution >= 0.6 is 0 Å². The van der Waals surface area contributed by atoms with Gasteiger partial charge in [0, 0.05) is 13.1 Å². The average Bonchev–Trinajstić information content (AvgIpc) is 3.73. The van der Waals surface area contributed by atoms with Crippen molar-refractivity contribution in [3.8, 4) is 0 Å². The third-order valence-corrected chi connectivity index (χ3v) is 7.22. The van der Waals surface area contributed by atoms with E-state index in [1.54, 1.807) is 25.7 Å². The first-order valence-electron chi connectivity index (χ1n) is 13.9. The van der Waals surface area contributed by atoms with Crippen molar-refractivity contribution in [3.63, 3.8) is 0 Å².